The Bertz CT molecular complexity index is 3030. The maximum absolute atomic E-state index is 5.19. The highest BCUT2D eigenvalue weighted by Crippen LogP contribution is 2.54. The molecule has 4 heterocycles. The highest BCUT2D eigenvalue weighted by atomic mass is 15.2. The van der Waals surface area contributed by atoms with Crippen LogP contribution in [0.25, 0.3) is 83.6 Å². The fourth-order valence-electron chi connectivity index (χ4n) is 8.30. The van der Waals surface area contributed by atoms with Crippen molar-refractivity contribution in [3.05, 3.63) is 200 Å². The molecule has 0 radical (unpaired) electrons. The third kappa shape index (κ3) is 5.13. The molecule has 0 amide bonds. The molecule has 5 nitrogen and oxygen atoms in total. The minimum Gasteiger partial charge on any atom is -0.309 e. The van der Waals surface area contributed by atoms with Crippen molar-refractivity contribution < 1.29 is 0 Å². The molecule has 3 aromatic heterocycles. The summed E-state index contributed by atoms with van der Waals surface area (Å²) in [6.45, 7) is 0. The van der Waals surface area contributed by atoms with Crippen LogP contribution in [0.3, 0.4) is 0 Å². The Morgan fingerprint density at radius 1 is 0.429 bits per heavy atom. The Balaban J connectivity index is 1.17. The van der Waals surface area contributed by atoms with Crippen molar-refractivity contribution in [3.8, 4) is 62.0 Å². The number of fused-ring (bicyclic) bond motifs is 8. The molecular weight excluding hydrogens is 683 g/mol. The standard InChI is InChI=1S/C51H33N5/c1-3-17-35(18-4-1)43-33-44(54-50(53-43)36-19-5-2-6-20-36)37-21-15-22-38(32-37)55-45-27-12-9-24-40(45)48-41-25-10-13-28-46(41)56(47-29-14-11-26-42(47)49(48)55)51-39-23-8-7-16-34(39)30-31-52-51/h1-33H. The zero-order valence-corrected chi connectivity index (χ0v) is 30.3. The van der Waals surface area contributed by atoms with E-state index in [9.17, 15) is 0 Å². The number of hydrogen-bond acceptors (Lipinski definition) is 4. The van der Waals surface area contributed by atoms with Crippen LogP contribution in [0.1, 0.15) is 0 Å². The first-order chi connectivity index (χ1) is 27.8. The Morgan fingerprint density at radius 3 is 1.84 bits per heavy atom. The number of nitrogens with zero attached hydrogens (tertiary/aromatic N) is 5. The van der Waals surface area contributed by atoms with Gasteiger partial charge in [0.05, 0.1) is 34.0 Å². The second-order valence-electron chi connectivity index (χ2n) is 14.0. The molecule has 56 heavy (non-hydrogen) atoms. The van der Waals surface area contributed by atoms with Crippen molar-refractivity contribution in [3.63, 3.8) is 0 Å². The first-order valence-electron chi connectivity index (χ1n) is 18.9. The summed E-state index contributed by atoms with van der Waals surface area (Å²) >= 11 is 0. The molecule has 0 fully saturated rings. The van der Waals surface area contributed by atoms with Gasteiger partial charge >= 0.3 is 0 Å². The lowest BCUT2D eigenvalue weighted by Gasteiger charge is -2.27. The van der Waals surface area contributed by atoms with E-state index >= 15 is 0 Å². The van der Waals surface area contributed by atoms with Gasteiger partial charge in [-0.15, -0.1) is 0 Å². The van der Waals surface area contributed by atoms with Gasteiger partial charge in [-0.1, -0.05) is 152 Å². The summed E-state index contributed by atoms with van der Waals surface area (Å²) in [5, 5.41) is 3.43. The van der Waals surface area contributed by atoms with Gasteiger partial charge in [0.15, 0.2) is 5.82 Å². The molecule has 0 saturated heterocycles. The molecule has 0 N–H and O–H groups in total. The maximum atomic E-state index is 5.19. The normalized spacial score (nSPS) is 11.9. The van der Waals surface area contributed by atoms with E-state index in [0.29, 0.717) is 5.82 Å². The van der Waals surface area contributed by atoms with Crippen molar-refractivity contribution in [2.75, 3.05) is 4.90 Å². The van der Waals surface area contributed by atoms with E-state index in [4.69, 9.17) is 15.0 Å². The molecule has 262 valence electrons. The van der Waals surface area contributed by atoms with Crippen LogP contribution in [-0.2, 0) is 0 Å². The summed E-state index contributed by atoms with van der Waals surface area (Å²) in [6, 6.07) is 68.3. The van der Waals surface area contributed by atoms with E-state index in [0.717, 1.165) is 84.1 Å². The number of para-hydroxylation sites is 3. The number of hydrogen-bond donors (Lipinski definition) is 0. The van der Waals surface area contributed by atoms with Crippen molar-refractivity contribution >= 4 is 38.9 Å². The molecule has 11 rings (SSSR count). The number of pyridine rings is 1. The Labute approximate surface area is 324 Å². The molecule has 0 saturated carbocycles. The van der Waals surface area contributed by atoms with E-state index < -0.39 is 0 Å². The van der Waals surface area contributed by atoms with Gasteiger partial charge in [0.2, 0.25) is 0 Å². The lowest BCUT2D eigenvalue weighted by molar-refractivity contribution is 1.13. The summed E-state index contributed by atoms with van der Waals surface area (Å²) in [5.41, 5.74) is 13.7. The van der Waals surface area contributed by atoms with Crippen LogP contribution in [0.4, 0.5) is 17.2 Å². The van der Waals surface area contributed by atoms with Gasteiger partial charge in [-0.25, -0.2) is 15.0 Å². The Kier molecular flexibility index (Phi) is 7.42. The quantitative estimate of drug-likeness (QED) is 0.178. The Morgan fingerprint density at radius 2 is 1.04 bits per heavy atom. The van der Waals surface area contributed by atoms with Crippen LogP contribution in [0.15, 0.2) is 200 Å². The van der Waals surface area contributed by atoms with Crippen LogP contribution < -0.4 is 4.90 Å². The highest BCUT2D eigenvalue weighted by Gasteiger charge is 2.32. The predicted octanol–water partition coefficient (Wildman–Crippen LogP) is 13.1. The molecule has 0 atom stereocenters. The van der Waals surface area contributed by atoms with Gasteiger partial charge in [-0.05, 0) is 47.9 Å². The lowest BCUT2D eigenvalue weighted by Crippen LogP contribution is -2.13. The zero-order chi connectivity index (χ0) is 37.0. The predicted molar refractivity (Wildman–Crippen MR) is 230 cm³/mol. The molecule has 1 aliphatic rings. The minimum atomic E-state index is 0.695. The van der Waals surface area contributed by atoms with Crippen molar-refractivity contribution in [2.45, 2.75) is 0 Å². The second kappa shape index (κ2) is 13.0. The second-order valence-corrected chi connectivity index (χ2v) is 14.0. The van der Waals surface area contributed by atoms with Gasteiger partial charge in [0.25, 0.3) is 0 Å². The SMILES string of the molecule is c1ccc(-c2cc(-c3cccc(-n4c5c(c6ccccc64)-c4ccccc4N(c4nccc6ccccc46)c4ccccc4-5)c3)nc(-c3ccccc3)n2)cc1. The third-order valence-electron chi connectivity index (χ3n) is 10.8. The molecule has 7 aromatic carbocycles. The van der Waals surface area contributed by atoms with Crippen molar-refractivity contribution in [1.82, 2.24) is 19.5 Å². The smallest absolute Gasteiger partial charge is 0.160 e. The first-order valence-corrected chi connectivity index (χ1v) is 18.9. The molecule has 5 heteroatoms. The zero-order valence-electron chi connectivity index (χ0n) is 30.3. The van der Waals surface area contributed by atoms with Crippen molar-refractivity contribution in [1.29, 1.82) is 0 Å². The number of rotatable bonds is 5. The Hall–Kier alpha value is -7.63. The molecule has 0 aliphatic carbocycles. The van der Waals surface area contributed by atoms with E-state index in [1.807, 2.05) is 30.5 Å². The summed E-state index contributed by atoms with van der Waals surface area (Å²) in [6.07, 6.45) is 1.92. The van der Waals surface area contributed by atoms with Crippen LogP contribution >= 0.6 is 0 Å². The summed E-state index contributed by atoms with van der Waals surface area (Å²) in [5.74, 6) is 1.60. The minimum absolute atomic E-state index is 0.695. The topological polar surface area (TPSA) is 46.8 Å². The van der Waals surface area contributed by atoms with Crippen LogP contribution in [0, 0.1) is 0 Å². The number of anilines is 3. The van der Waals surface area contributed by atoms with Gasteiger partial charge in [0.1, 0.15) is 5.82 Å². The molecule has 0 unspecified atom stereocenters. The van der Waals surface area contributed by atoms with Gasteiger partial charge in [-0.3, -0.25) is 4.90 Å². The average molecular weight is 716 g/mol. The van der Waals surface area contributed by atoms with Gasteiger partial charge < -0.3 is 4.57 Å². The fraction of sp³-hybridized carbons (Fsp3) is 0. The largest absolute Gasteiger partial charge is 0.309 e. The van der Waals surface area contributed by atoms with E-state index in [-0.39, 0.29) is 0 Å². The molecule has 1 aliphatic heterocycles. The summed E-state index contributed by atoms with van der Waals surface area (Å²) in [4.78, 5) is 17.7. The van der Waals surface area contributed by atoms with E-state index in [1.54, 1.807) is 0 Å². The van der Waals surface area contributed by atoms with Crippen LogP contribution in [0.2, 0.25) is 0 Å². The van der Waals surface area contributed by atoms with Crippen LogP contribution in [0.5, 0.6) is 0 Å². The van der Waals surface area contributed by atoms with Crippen molar-refractivity contribution in [2.24, 2.45) is 0 Å². The lowest BCUT2D eigenvalue weighted by atomic mass is 9.98. The molecule has 0 spiro atoms. The van der Waals surface area contributed by atoms with E-state index in [2.05, 4.69) is 179 Å². The van der Waals surface area contributed by atoms with Gasteiger partial charge in [0, 0.05) is 56.0 Å². The van der Waals surface area contributed by atoms with Gasteiger partial charge in [-0.2, -0.15) is 0 Å². The summed E-state index contributed by atoms with van der Waals surface area (Å²) < 4.78 is 2.43. The molecule has 0 bridgehead atoms. The fourth-order valence-corrected chi connectivity index (χ4v) is 8.30. The summed E-state index contributed by atoms with van der Waals surface area (Å²) in [7, 11) is 0. The maximum Gasteiger partial charge on any atom is 0.160 e. The number of aromatic nitrogens is 4. The molecule has 10 aromatic rings. The third-order valence-corrected chi connectivity index (χ3v) is 10.8. The monoisotopic (exact) mass is 715 g/mol. The van der Waals surface area contributed by atoms with E-state index in [1.165, 1.54) is 10.9 Å². The highest BCUT2D eigenvalue weighted by molar-refractivity contribution is 6.14. The average Bonchev–Trinajstić information content (AvgIpc) is 3.56. The first kappa shape index (κ1) is 31.9. The van der Waals surface area contributed by atoms with Crippen LogP contribution in [-0.4, -0.2) is 19.5 Å². The molecular formula is C51H33N5. The number of benzene rings is 7.